The third kappa shape index (κ3) is 3.30. The van der Waals surface area contributed by atoms with E-state index in [0.29, 0.717) is 10.6 Å². The van der Waals surface area contributed by atoms with Gasteiger partial charge in [-0.15, -0.1) is 11.3 Å². The average Bonchev–Trinajstić information content (AvgIpc) is 2.87. The molecule has 0 fully saturated rings. The topological polar surface area (TPSA) is 46.2 Å². The number of thiophene rings is 1. The summed E-state index contributed by atoms with van der Waals surface area (Å²) in [7, 11) is -1.05. The predicted molar refractivity (Wildman–Crippen MR) is 80.4 cm³/mol. The molecule has 19 heavy (non-hydrogen) atoms. The summed E-state index contributed by atoms with van der Waals surface area (Å²) in [5.74, 6) is -0.106. The van der Waals surface area contributed by atoms with Gasteiger partial charge in [0.1, 0.15) is 0 Å². The zero-order chi connectivity index (χ0) is 13.8. The van der Waals surface area contributed by atoms with E-state index in [2.05, 4.69) is 5.32 Å². The lowest BCUT2D eigenvalue weighted by Crippen LogP contribution is -2.12. The number of aryl methyl sites for hydroxylation is 1. The number of carbonyl (C=O) groups excluding carboxylic acids is 1. The standard InChI is InChI=1S/C14H15NO2S2/c1-3-10-7-8-18-13(10)14(16)15-11-5-4-6-12(9-11)19(2)17/h4-9H,3H2,1-2H3,(H,15,16)/t19-/m1/s1. The fraction of sp³-hybridized carbons (Fsp3) is 0.214. The van der Waals surface area contributed by atoms with Crippen LogP contribution in [-0.2, 0) is 17.2 Å². The Morgan fingerprint density at radius 2 is 2.16 bits per heavy atom. The second-order valence-corrected chi connectivity index (χ2v) is 6.36. The molecule has 1 aromatic heterocycles. The molecule has 3 nitrogen and oxygen atoms in total. The maximum Gasteiger partial charge on any atom is 0.266 e. The lowest BCUT2D eigenvalue weighted by molar-refractivity contribution is 0.103. The predicted octanol–water partition coefficient (Wildman–Crippen LogP) is 3.30. The van der Waals surface area contributed by atoms with Crippen LogP contribution in [0.2, 0.25) is 0 Å². The van der Waals surface area contributed by atoms with Crippen molar-refractivity contribution in [3.05, 3.63) is 46.2 Å². The Balaban J connectivity index is 2.19. The van der Waals surface area contributed by atoms with Crippen molar-refractivity contribution < 1.29 is 9.00 Å². The minimum atomic E-state index is -1.05. The van der Waals surface area contributed by atoms with Crippen LogP contribution in [0.25, 0.3) is 0 Å². The molecule has 0 unspecified atom stereocenters. The number of hydrogen-bond acceptors (Lipinski definition) is 3. The van der Waals surface area contributed by atoms with Gasteiger partial charge in [-0.05, 0) is 41.6 Å². The van der Waals surface area contributed by atoms with Crippen LogP contribution in [0.4, 0.5) is 5.69 Å². The number of hydrogen-bond donors (Lipinski definition) is 1. The van der Waals surface area contributed by atoms with Crippen molar-refractivity contribution in [3.63, 3.8) is 0 Å². The fourth-order valence-electron chi connectivity index (χ4n) is 1.75. The van der Waals surface area contributed by atoms with Crippen LogP contribution < -0.4 is 5.32 Å². The zero-order valence-electron chi connectivity index (χ0n) is 10.8. The van der Waals surface area contributed by atoms with Crippen LogP contribution in [0.3, 0.4) is 0 Å². The normalized spacial score (nSPS) is 12.1. The SMILES string of the molecule is CCc1ccsc1C(=O)Nc1cccc([S@@](C)=O)c1. The molecule has 2 aromatic rings. The minimum absolute atomic E-state index is 0.106. The van der Waals surface area contributed by atoms with E-state index in [0.717, 1.165) is 16.9 Å². The first-order valence-electron chi connectivity index (χ1n) is 5.93. The lowest BCUT2D eigenvalue weighted by atomic mass is 10.2. The highest BCUT2D eigenvalue weighted by molar-refractivity contribution is 7.84. The monoisotopic (exact) mass is 293 g/mol. The highest BCUT2D eigenvalue weighted by atomic mass is 32.2. The number of anilines is 1. The van der Waals surface area contributed by atoms with Crippen molar-refractivity contribution in [2.24, 2.45) is 0 Å². The first-order valence-corrected chi connectivity index (χ1v) is 8.36. The number of amides is 1. The van der Waals surface area contributed by atoms with Crippen molar-refractivity contribution in [3.8, 4) is 0 Å². The molecule has 0 aliphatic rings. The zero-order valence-corrected chi connectivity index (χ0v) is 12.4. The molecule has 100 valence electrons. The molecule has 0 saturated carbocycles. The summed E-state index contributed by atoms with van der Waals surface area (Å²) in [6.45, 7) is 2.03. The fourth-order valence-corrected chi connectivity index (χ4v) is 3.21. The maximum atomic E-state index is 12.2. The van der Waals surface area contributed by atoms with Crippen LogP contribution in [0.1, 0.15) is 22.2 Å². The highest BCUT2D eigenvalue weighted by Gasteiger charge is 2.12. The molecule has 1 N–H and O–H groups in total. The van der Waals surface area contributed by atoms with Gasteiger partial charge in [0, 0.05) is 27.6 Å². The van der Waals surface area contributed by atoms with E-state index in [1.54, 1.807) is 30.5 Å². The first-order chi connectivity index (χ1) is 9.11. The smallest absolute Gasteiger partial charge is 0.266 e. The molecular formula is C14H15NO2S2. The van der Waals surface area contributed by atoms with Crippen LogP contribution in [0.15, 0.2) is 40.6 Å². The van der Waals surface area contributed by atoms with Crippen molar-refractivity contribution in [2.45, 2.75) is 18.2 Å². The minimum Gasteiger partial charge on any atom is -0.321 e. The first kappa shape index (κ1) is 14.0. The van der Waals surface area contributed by atoms with Gasteiger partial charge in [0.15, 0.2) is 0 Å². The van der Waals surface area contributed by atoms with E-state index < -0.39 is 10.8 Å². The quantitative estimate of drug-likeness (QED) is 0.940. The van der Waals surface area contributed by atoms with Gasteiger partial charge in [-0.25, -0.2) is 0 Å². The second-order valence-electron chi connectivity index (χ2n) is 4.06. The van der Waals surface area contributed by atoms with Crippen molar-refractivity contribution in [2.75, 3.05) is 11.6 Å². The third-order valence-corrected chi connectivity index (χ3v) is 4.63. The Kier molecular flexibility index (Phi) is 4.50. The Hall–Kier alpha value is -1.46. The molecule has 2 rings (SSSR count). The summed E-state index contributed by atoms with van der Waals surface area (Å²) >= 11 is 1.44. The van der Waals surface area contributed by atoms with Gasteiger partial charge in [0.25, 0.3) is 5.91 Å². The van der Waals surface area contributed by atoms with E-state index in [-0.39, 0.29) is 5.91 Å². The number of carbonyl (C=O) groups is 1. The van der Waals surface area contributed by atoms with Gasteiger partial charge >= 0.3 is 0 Å². The molecule has 1 heterocycles. The largest absolute Gasteiger partial charge is 0.321 e. The molecule has 5 heteroatoms. The van der Waals surface area contributed by atoms with Crippen LogP contribution in [-0.4, -0.2) is 16.4 Å². The Morgan fingerprint density at radius 3 is 2.84 bits per heavy atom. The summed E-state index contributed by atoms with van der Waals surface area (Å²) in [6.07, 6.45) is 2.46. The number of nitrogens with one attached hydrogen (secondary N) is 1. The molecule has 1 aromatic carbocycles. The maximum absolute atomic E-state index is 12.2. The van der Waals surface area contributed by atoms with Crippen LogP contribution in [0, 0.1) is 0 Å². The van der Waals surface area contributed by atoms with Crippen LogP contribution in [0.5, 0.6) is 0 Å². The molecule has 0 radical (unpaired) electrons. The highest BCUT2D eigenvalue weighted by Crippen LogP contribution is 2.20. The Labute approximate surface area is 119 Å². The number of benzene rings is 1. The van der Waals surface area contributed by atoms with Crippen molar-refractivity contribution >= 4 is 33.7 Å². The summed E-state index contributed by atoms with van der Waals surface area (Å²) in [6, 6.07) is 9.09. The van der Waals surface area contributed by atoms with Gasteiger partial charge in [0.2, 0.25) is 0 Å². The molecule has 0 saturated heterocycles. The van der Waals surface area contributed by atoms with E-state index in [1.165, 1.54) is 11.3 Å². The van der Waals surface area contributed by atoms with E-state index >= 15 is 0 Å². The lowest BCUT2D eigenvalue weighted by Gasteiger charge is -2.06. The molecule has 0 aliphatic carbocycles. The summed E-state index contributed by atoms with van der Waals surface area (Å²) in [5, 5.41) is 4.77. The summed E-state index contributed by atoms with van der Waals surface area (Å²) in [4.78, 5) is 13.6. The van der Waals surface area contributed by atoms with Crippen LogP contribution >= 0.6 is 11.3 Å². The third-order valence-electron chi connectivity index (χ3n) is 2.76. The van der Waals surface area contributed by atoms with E-state index in [4.69, 9.17) is 0 Å². The molecule has 0 aliphatic heterocycles. The Morgan fingerprint density at radius 1 is 1.37 bits per heavy atom. The van der Waals surface area contributed by atoms with Gasteiger partial charge in [-0.3, -0.25) is 9.00 Å². The molecule has 0 spiro atoms. The summed E-state index contributed by atoms with van der Waals surface area (Å²) in [5.41, 5.74) is 1.73. The van der Waals surface area contributed by atoms with Gasteiger partial charge < -0.3 is 5.32 Å². The van der Waals surface area contributed by atoms with Gasteiger partial charge in [0.05, 0.1) is 4.88 Å². The summed E-state index contributed by atoms with van der Waals surface area (Å²) < 4.78 is 11.4. The second kappa shape index (κ2) is 6.12. The molecule has 1 atom stereocenters. The molecule has 1 amide bonds. The van der Waals surface area contributed by atoms with Gasteiger partial charge in [-0.1, -0.05) is 13.0 Å². The Bertz CT molecular complexity index is 619. The van der Waals surface area contributed by atoms with Crippen molar-refractivity contribution in [1.82, 2.24) is 0 Å². The van der Waals surface area contributed by atoms with Crippen molar-refractivity contribution in [1.29, 1.82) is 0 Å². The van der Waals surface area contributed by atoms with Gasteiger partial charge in [-0.2, -0.15) is 0 Å². The van der Waals surface area contributed by atoms with E-state index in [1.807, 2.05) is 18.4 Å². The molecule has 0 bridgehead atoms. The number of rotatable bonds is 4. The van der Waals surface area contributed by atoms with E-state index in [9.17, 15) is 9.00 Å². The molecular weight excluding hydrogens is 278 g/mol. The average molecular weight is 293 g/mol.